The van der Waals surface area contributed by atoms with Crippen LogP contribution in [0.15, 0.2) is 70.0 Å². The monoisotopic (exact) mass is 577 g/mol. The first-order valence-electron chi connectivity index (χ1n) is 10.1. The first-order valence-corrected chi connectivity index (χ1v) is 12.4. The molecule has 4 rings (SSSR count). The zero-order valence-corrected chi connectivity index (χ0v) is 21.8. The highest BCUT2D eigenvalue weighted by Crippen LogP contribution is 2.36. The summed E-state index contributed by atoms with van der Waals surface area (Å²) in [7, 11) is 1.55. The minimum Gasteiger partial charge on any atom is -0.493 e. The molecule has 3 aromatic rings. The van der Waals surface area contributed by atoms with E-state index >= 15 is 0 Å². The van der Waals surface area contributed by atoms with Crippen LogP contribution in [0.2, 0.25) is 10.0 Å². The zero-order valence-electron chi connectivity index (χ0n) is 17.9. The van der Waals surface area contributed by atoms with Gasteiger partial charge in [0.15, 0.2) is 11.5 Å². The Morgan fingerprint density at radius 3 is 2.38 bits per heavy atom. The molecule has 5 nitrogen and oxygen atoms in total. The molecule has 1 aliphatic heterocycles. The van der Waals surface area contributed by atoms with Crippen molar-refractivity contribution in [3.05, 3.63) is 96.8 Å². The average Bonchev–Trinajstić information content (AvgIpc) is 3.08. The van der Waals surface area contributed by atoms with E-state index < -0.39 is 0 Å². The summed E-state index contributed by atoms with van der Waals surface area (Å²) in [4.78, 5) is 26.9. The molecule has 0 bridgehead atoms. The lowest BCUT2D eigenvalue weighted by atomic mass is 10.1. The fraction of sp³-hybridized carbons (Fsp3) is 0.120. The number of benzene rings is 3. The van der Waals surface area contributed by atoms with E-state index in [1.807, 2.05) is 30.3 Å². The van der Waals surface area contributed by atoms with Crippen LogP contribution in [0.4, 0.5) is 4.79 Å². The number of ether oxygens (including phenoxy) is 2. The quantitative estimate of drug-likeness (QED) is 0.270. The minimum atomic E-state index is -0.365. The second-order valence-electron chi connectivity index (χ2n) is 7.34. The van der Waals surface area contributed by atoms with E-state index in [0.717, 1.165) is 21.8 Å². The van der Waals surface area contributed by atoms with E-state index in [1.54, 1.807) is 43.5 Å². The first kappa shape index (κ1) is 24.7. The minimum absolute atomic E-state index is 0.116. The largest absolute Gasteiger partial charge is 0.493 e. The fourth-order valence-electron chi connectivity index (χ4n) is 3.24. The Kier molecular flexibility index (Phi) is 7.88. The summed E-state index contributed by atoms with van der Waals surface area (Å²) in [6, 6.07) is 18.2. The third kappa shape index (κ3) is 5.78. The molecule has 0 aliphatic carbocycles. The summed E-state index contributed by atoms with van der Waals surface area (Å²) in [5.74, 6) is 0.742. The van der Waals surface area contributed by atoms with E-state index in [9.17, 15) is 9.59 Å². The highest BCUT2D eigenvalue weighted by atomic mass is 79.9. The van der Waals surface area contributed by atoms with Gasteiger partial charge in [0.1, 0.15) is 6.61 Å². The Hall–Kier alpha value is -2.45. The lowest BCUT2D eigenvalue weighted by Crippen LogP contribution is -2.27. The van der Waals surface area contributed by atoms with Crippen LogP contribution < -0.4 is 9.47 Å². The lowest BCUT2D eigenvalue weighted by Gasteiger charge is -2.13. The van der Waals surface area contributed by atoms with E-state index in [0.29, 0.717) is 44.2 Å². The highest BCUT2D eigenvalue weighted by molar-refractivity contribution is 9.10. The summed E-state index contributed by atoms with van der Waals surface area (Å²) in [5.41, 5.74) is 2.45. The number of imide groups is 1. The number of rotatable bonds is 7. The van der Waals surface area contributed by atoms with Crippen LogP contribution in [-0.2, 0) is 17.9 Å². The van der Waals surface area contributed by atoms with Crippen molar-refractivity contribution in [1.82, 2.24) is 4.90 Å². The smallest absolute Gasteiger partial charge is 0.293 e. The molecule has 0 radical (unpaired) electrons. The van der Waals surface area contributed by atoms with Gasteiger partial charge in [0.25, 0.3) is 11.1 Å². The van der Waals surface area contributed by atoms with Gasteiger partial charge in [-0.15, -0.1) is 0 Å². The Balaban J connectivity index is 1.48. The number of hydrogen-bond donors (Lipinski definition) is 0. The van der Waals surface area contributed by atoms with E-state index in [1.165, 1.54) is 4.90 Å². The van der Waals surface area contributed by atoms with Gasteiger partial charge in [0.2, 0.25) is 0 Å². The van der Waals surface area contributed by atoms with Crippen LogP contribution in [0.25, 0.3) is 6.08 Å². The summed E-state index contributed by atoms with van der Waals surface area (Å²) in [6.45, 7) is 0.502. The maximum Gasteiger partial charge on any atom is 0.293 e. The summed E-state index contributed by atoms with van der Waals surface area (Å²) < 4.78 is 12.4. The second-order valence-corrected chi connectivity index (χ2v) is 10.1. The van der Waals surface area contributed by atoms with Crippen LogP contribution in [0.5, 0.6) is 11.5 Å². The molecule has 1 saturated heterocycles. The van der Waals surface area contributed by atoms with Crippen molar-refractivity contribution in [3.63, 3.8) is 0 Å². The molecule has 2 amide bonds. The van der Waals surface area contributed by atoms with Gasteiger partial charge in [-0.2, -0.15) is 0 Å². The maximum absolute atomic E-state index is 12.9. The molecule has 1 heterocycles. The molecule has 0 aromatic heterocycles. The van der Waals surface area contributed by atoms with E-state index in [4.69, 9.17) is 32.7 Å². The van der Waals surface area contributed by atoms with Gasteiger partial charge in [-0.3, -0.25) is 14.5 Å². The standard InChI is InChI=1S/C25H18BrCl2NO4S/c1-32-22-11-16(5-9-21(22)33-14-15-2-6-18(26)7-3-15)12-23-24(30)29(25(31)34-23)13-17-4-8-19(27)20(28)10-17/h2-12H,13-14H2,1H3/b23-12-. The molecule has 0 spiro atoms. The van der Waals surface area contributed by atoms with Crippen LogP contribution in [-0.4, -0.2) is 23.2 Å². The zero-order chi connectivity index (χ0) is 24.2. The molecule has 0 atom stereocenters. The SMILES string of the molecule is COc1cc(/C=C2\SC(=O)N(Cc3ccc(Cl)c(Cl)c3)C2=O)ccc1OCc1ccc(Br)cc1. The van der Waals surface area contributed by atoms with Crippen molar-refractivity contribution < 1.29 is 19.1 Å². The van der Waals surface area contributed by atoms with Crippen LogP contribution in [0.3, 0.4) is 0 Å². The van der Waals surface area contributed by atoms with E-state index in [2.05, 4.69) is 15.9 Å². The summed E-state index contributed by atoms with van der Waals surface area (Å²) in [6.07, 6.45) is 1.67. The van der Waals surface area contributed by atoms with Gasteiger partial charge >= 0.3 is 0 Å². The topological polar surface area (TPSA) is 55.8 Å². The number of carbonyl (C=O) groups excluding carboxylic acids is 2. The molecule has 174 valence electrons. The lowest BCUT2D eigenvalue weighted by molar-refractivity contribution is -0.123. The van der Waals surface area contributed by atoms with Gasteiger partial charge in [-0.25, -0.2) is 0 Å². The van der Waals surface area contributed by atoms with Gasteiger partial charge in [-0.1, -0.05) is 63.4 Å². The number of halogens is 3. The van der Waals surface area contributed by atoms with E-state index in [-0.39, 0.29) is 17.7 Å². The molecule has 1 fully saturated rings. The third-order valence-electron chi connectivity index (χ3n) is 4.99. The molecule has 3 aromatic carbocycles. The van der Waals surface area contributed by atoms with Gasteiger partial charge in [-0.05, 0) is 70.9 Å². The van der Waals surface area contributed by atoms with Crippen molar-refractivity contribution in [3.8, 4) is 11.5 Å². The van der Waals surface area contributed by atoms with Crippen molar-refractivity contribution in [2.75, 3.05) is 7.11 Å². The van der Waals surface area contributed by atoms with Crippen LogP contribution >= 0.6 is 50.9 Å². The van der Waals surface area contributed by atoms with Gasteiger partial charge in [0.05, 0.1) is 28.6 Å². The second kappa shape index (κ2) is 10.9. The molecule has 0 N–H and O–H groups in total. The normalized spacial score (nSPS) is 14.7. The fourth-order valence-corrected chi connectivity index (χ4v) is 4.67. The molecular formula is C25H18BrCl2NO4S. The number of nitrogens with zero attached hydrogens (tertiary/aromatic N) is 1. The highest BCUT2D eigenvalue weighted by Gasteiger charge is 2.35. The molecule has 1 aliphatic rings. The Morgan fingerprint density at radius 2 is 1.68 bits per heavy atom. The van der Waals surface area contributed by atoms with Crippen LogP contribution in [0, 0.1) is 0 Å². The maximum atomic E-state index is 12.9. The van der Waals surface area contributed by atoms with Gasteiger partial charge in [0, 0.05) is 4.47 Å². The molecule has 34 heavy (non-hydrogen) atoms. The Bertz CT molecular complexity index is 1280. The van der Waals surface area contributed by atoms with Crippen molar-refractivity contribution in [2.24, 2.45) is 0 Å². The van der Waals surface area contributed by atoms with Crippen molar-refractivity contribution in [2.45, 2.75) is 13.2 Å². The number of hydrogen-bond acceptors (Lipinski definition) is 5. The molecule has 9 heteroatoms. The molecule has 0 unspecified atom stereocenters. The molecular weight excluding hydrogens is 561 g/mol. The van der Waals surface area contributed by atoms with Crippen LogP contribution in [0.1, 0.15) is 16.7 Å². The number of methoxy groups -OCH3 is 1. The third-order valence-corrected chi connectivity index (χ3v) is 7.17. The number of thioether (sulfide) groups is 1. The average molecular weight is 579 g/mol. The summed E-state index contributed by atoms with van der Waals surface area (Å²) in [5, 5.41) is 0.442. The predicted octanol–water partition coefficient (Wildman–Crippen LogP) is 7.58. The molecule has 0 saturated carbocycles. The van der Waals surface area contributed by atoms with Crippen molar-refractivity contribution >= 4 is 68.1 Å². The number of amides is 2. The van der Waals surface area contributed by atoms with Gasteiger partial charge < -0.3 is 9.47 Å². The number of carbonyl (C=O) groups is 2. The Labute approximate surface area is 219 Å². The van der Waals surface area contributed by atoms with Crippen molar-refractivity contribution in [1.29, 1.82) is 0 Å². The predicted molar refractivity (Wildman–Crippen MR) is 139 cm³/mol. The first-order chi connectivity index (χ1) is 16.3. The summed E-state index contributed by atoms with van der Waals surface area (Å²) >= 11 is 16.3. The Morgan fingerprint density at radius 1 is 0.941 bits per heavy atom.